The van der Waals surface area contributed by atoms with Gasteiger partial charge in [0.05, 0.1) is 0 Å². The Hall–Kier alpha value is -1.89. The zero-order chi connectivity index (χ0) is 17.7. The average Bonchev–Trinajstić information content (AvgIpc) is 2.53. The molecule has 0 fully saturated rings. The summed E-state index contributed by atoms with van der Waals surface area (Å²) < 4.78 is 0. The van der Waals surface area contributed by atoms with Gasteiger partial charge in [-0.15, -0.1) is 0 Å². The Labute approximate surface area is 158 Å². The monoisotopic (exact) mass is 378 g/mol. The van der Waals surface area contributed by atoms with Crippen LogP contribution in [0.4, 0.5) is 11.4 Å². The van der Waals surface area contributed by atoms with Gasteiger partial charge < -0.3 is 10.6 Å². The minimum absolute atomic E-state index is 0.389. The number of halogens is 1. The summed E-state index contributed by atoms with van der Waals surface area (Å²) in [7, 11) is 0. The highest BCUT2D eigenvalue weighted by atomic mass is 35.5. The van der Waals surface area contributed by atoms with E-state index >= 15 is 0 Å². The van der Waals surface area contributed by atoms with Gasteiger partial charge in [-0.25, -0.2) is 0 Å². The van der Waals surface area contributed by atoms with Crippen LogP contribution in [0.2, 0.25) is 5.02 Å². The largest absolute Gasteiger partial charge is 0.331 e. The molecule has 0 atom stereocenters. The summed E-state index contributed by atoms with van der Waals surface area (Å²) in [6, 6.07) is 11.7. The molecule has 4 nitrogen and oxygen atoms in total. The van der Waals surface area contributed by atoms with Crippen molar-refractivity contribution in [2.24, 2.45) is 0 Å². The van der Waals surface area contributed by atoms with Gasteiger partial charge in [0.1, 0.15) is 0 Å². The fourth-order valence-corrected chi connectivity index (χ4v) is 2.61. The Morgan fingerprint density at radius 3 is 2.00 bits per heavy atom. The van der Waals surface area contributed by atoms with Crippen LogP contribution in [-0.4, -0.2) is 10.2 Å². The Morgan fingerprint density at radius 1 is 0.833 bits per heavy atom. The number of anilines is 2. The van der Waals surface area contributed by atoms with E-state index in [-0.39, 0.29) is 0 Å². The van der Waals surface area contributed by atoms with Gasteiger partial charge in [0.15, 0.2) is 10.2 Å². The minimum Gasteiger partial charge on any atom is -0.331 e. The first kappa shape index (κ1) is 18.4. The molecule has 2 rings (SSSR count). The second-order valence-electron chi connectivity index (χ2n) is 5.39. The summed E-state index contributed by atoms with van der Waals surface area (Å²) in [6.45, 7) is 6.00. The number of aryl methyl sites for hydroxylation is 3. The molecule has 0 saturated heterocycles. The predicted octanol–water partition coefficient (Wildman–Crippen LogP) is 4.45. The smallest absolute Gasteiger partial charge is 0.189 e. The van der Waals surface area contributed by atoms with E-state index in [4.69, 9.17) is 36.0 Å². The highest BCUT2D eigenvalue weighted by Crippen LogP contribution is 2.20. The van der Waals surface area contributed by atoms with Gasteiger partial charge in [-0.05, 0) is 74.0 Å². The highest BCUT2D eigenvalue weighted by molar-refractivity contribution is 7.81. The van der Waals surface area contributed by atoms with E-state index in [9.17, 15) is 0 Å². The standard InChI is InChI=1S/C17H19ClN4S2/c1-10-7-8-13(9-14(10)18)19-16(23)21-22-17(24)20-15-11(2)5-4-6-12(15)3/h4-9H,1-3H3,(H2,19,21,23)(H2,20,22,24). The summed E-state index contributed by atoms with van der Waals surface area (Å²) in [5, 5.41) is 7.70. The van der Waals surface area contributed by atoms with Crippen LogP contribution in [-0.2, 0) is 0 Å². The topological polar surface area (TPSA) is 48.1 Å². The van der Waals surface area contributed by atoms with Gasteiger partial charge >= 0.3 is 0 Å². The number of thiocarbonyl (C=S) groups is 2. The van der Waals surface area contributed by atoms with Crippen LogP contribution in [0.5, 0.6) is 0 Å². The first-order chi connectivity index (χ1) is 11.4. The zero-order valence-electron chi connectivity index (χ0n) is 13.7. The van der Waals surface area contributed by atoms with Crippen LogP contribution < -0.4 is 21.5 Å². The molecule has 4 N–H and O–H groups in total. The lowest BCUT2D eigenvalue weighted by atomic mass is 10.1. The fraction of sp³-hybridized carbons (Fsp3) is 0.176. The van der Waals surface area contributed by atoms with Gasteiger partial charge in [-0.2, -0.15) is 0 Å². The first-order valence-corrected chi connectivity index (χ1v) is 8.52. The van der Waals surface area contributed by atoms with Gasteiger partial charge in [-0.1, -0.05) is 35.9 Å². The van der Waals surface area contributed by atoms with Crippen molar-refractivity contribution in [1.82, 2.24) is 10.9 Å². The molecule has 2 aromatic rings. The third kappa shape index (κ3) is 5.06. The van der Waals surface area contributed by atoms with Crippen molar-refractivity contribution < 1.29 is 0 Å². The van der Waals surface area contributed by atoms with Crippen LogP contribution in [0.3, 0.4) is 0 Å². The normalized spacial score (nSPS) is 10.0. The second-order valence-corrected chi connectivity index (χ2v) is 6.61. The number of para-hydroxylation sites is 1. The maximum Gasteiger partial charge on any atom is 0.189 e. The van der Waals surface area contributed by atoms with Crippen LogP contribution in [0, 0.1) is 20.8 Å². The molecule has 0 aromatic heterocycles. The maximum absolute atomic E-state index is 6.09. The quantitative estimate of drug-likeness (QED) is 0.457. The molecule has 24 heavy (non-hydrogen) atoms. The van der Waals surface area contributed by atoms with Gasteiger partial charge in [0.2, 0.25) is 0 Å². The molecule has 0 aliphatic heterocycles. The maximum atomic E-state index is 6.09. The Balaban J connectivity index is 1.87. The first-order valence-electron chi connectivity index (χ1n) is 7.33. The molecule has 0 radical (unpaired) electrons. The van der Waals surface area contributed by atoms with E-state index in [0.29, 0.717) is 15.2 Å². The van der Waals surface area contributed by atoms with E-state index in [1.165, 1.54) is 0 Å². The number of hydrogen-bond acceptors (Lipinski definition) is 2. The lowest BCUT2D eigenvalue weighted by Gasteiger charge is -2.16. The molecule has 0 amide bonds. The molecule has 0 bridgehead atoms. The molecule has 0 aliphatic carbocycles. The van der Waals surface area contributed by atoms with Crippen molar-refractivity contribution in [3.63, 3.8) is 0 Å². The van der Waals surface area contributed by atoms with Gasteiger partial charge in [0, 0.05) is 16.4 Å². The molecular formula is C17H19ClN4S2. The molecule has 126 valence electrons. The van der Waals surface area contributed by atoms with Crippen LogP contribution in [0.15, 0.2) is 36.4 Å². The van der Waals surface area contributed by atoms with E-state index in [0.717, 1.165) is 28.1 Å². The summed E-state index contributed by atoms with van der Waals surface area (Å²) >= 11 is 16.6. The SMILES string of the molecule is Cc1ccc(NC(=S)NNC(=S)Nc2c(C)cccc2C)cc1Cl. The summed E-state index contributed by atoms with van der Waals surface area (Å²) in [5.74, 6) is 0. The Kier molecular flexibility index (Phi) is 6.36. The van der Waals surface area contributed by atoms with Crippen LogP contribution in [0.1, 0.15) is 16.7 Å². The molecular weight excluding hydrogens is 360 g/mol. The Bertz CT molecular complexity index is 757. The number of benzene rings is 2. The number of nitrogens with one attached hydrogen (secondary N) is 4. The van der Waals surface area contributed by atoms with Crippen molar-refractivity contribution in [2.75, 3.05) is 10.6 Å². The minimum atomic E-state index is 0.389. The van der Waals surface area contributed by atoms with Crippen molar-refractivity contribution in [3.8, 4) is 0 Å². The van der Waals surface area contributed by atoms with Crippen molar-refractivity contribution >= 4 is 57.6 Å². The van der Waals surface area contributed by atoms with Gasteiger partial charge in [0.25, 0.3) is 0 Å². The summed E-state index contributed by atoms with van der Waals surface area (Å²) in [4.78, 5) is 0. The fourth-order valence-electron chi connectivity index (χ4n) is 2.10. The van der Waals surface area contributed by atoms with E-state index in [1.807, 2.05) is 57.2 Å². The molecule has 0 spiro atoms. The van der Waals surface area contributed by atoms with E-state index < -0.39 is 0 Å². The lowest BCUT2D eigenvalue weighted by Crippen LogP contribution is -2.45. The zero-order valence-corrected chi connectivity index (χ0v) is 16.0. The van der Waals surface area contributed by atoms with E-state index in [2.05, 4.69) is 21.5 Å². The van der Waals surface area contributed by atoms with Crippen molar-refractivity contribution in [2.45, 2.75) is 20.8 Å². The molecule has 0 unspecified atom stereocenters. The molecule has 0 saturated carbocycles. The number of hydrogen-bond donors (Lipinski definition) is 4. The highest BCUT2D eigenvalue weighted by Gasteiger charge is 2.05. The second kappa shape index (κ2) is 8.28. The molecule has 2 aromatic carbocycles. The summed E-state index contributed by atoms with van der Waals surface area (Å²) in [6.07, 6.45) is 0. The average molecular weight is 379 g/mol. The third-order valence-electron chi connectivity index (χ3n) is 3.44. The number of rotatable bonds is 2. The van der Waals surface area contributed by atoms with Crippen LogP contribution >= 0.6 is 36.0 Å². The molecule has 0 aliphatic rings. The molecule has 0 heterocycles. The Morgan fingerprint density at radius 2 is 1.42 bits per heavy atom. The van der Waals surface area contributed by atoms with Gasteiger partial charge in [-0.3, -0.25) is 10.9 Å². The number of hydrazine groups is 1. The third-order valence-corrected chi connectivity index (χ3v) is 4.25. The van der Waals surface area contributed by atoms with Crippen molar-refractivity contribution in [1.29, 1.82) is 0 Å². The predicted molar refractivity (Wildman–Crippen MR) is 111 cm³/mol. The van der Waals surface area contributed by atoms with E-state index in [1.54, 1.807) is 0 Å². The lowest BCUT2D eigenvalue weighted by molar-refractivity contribution is 0.885. The summed E-state index contributed by atoms with van der Waals surface area (Å²) in [5.41, 5.74) is 10.8. The van der Waals surface area contributed by atoms with Crippen molar-refractivity contribution in [3.05, 3.63) is 58.1 Å². The molecule has 7 heteroatoms. The van der Waals surface area contributed by atoms with Crippen LogP contribution in [0.25, 0.3) is 0 Å².